The van der Waals surface area contributed by atoms with Gasteiger partial charge in [0.1, 0.15) is 0 Å². The highest BCUT2D eigenvalue weighted by molar-refractivity contribution is 5.99. The maximum atomic E-state index is 12.3. The van der Waals surface area contributed by atoms with Gasteiger partial charge in [0, 0.05) is 11.3 Å². The number of fused-ring (bicyclic) bond motifs is 5. The zero-order valence-corrected chi connectivity index (χ0v) is 21.8. The van der Waals surface area contributed by atoms with Gasteiger partial charge in [0.15, 0.2) is 0 Å². The van der Waals surface area contributed by atoms with Crippen molar-refractivity contribution in [2.24, 2.45) is 33.7 Å². The highest BCUT2D eigenvalue weighted by Gasteiger charge is 2.68. The highest BCUT2D eigenvalue weighted by atomic mass is 16.4. The number of rotatable bonds is 5. The predicted molar refractivity (Wildman–Crippen MR) is 131 cm³/mol. The summed E-state index contributed by atoms with van der Waals surface area (Å²) in [7, 11) is 0. The van der Waals surface area contributed by atoms with E-state index < -0.39 is 45.9 Å². The van der Waals surface area contributed by atoms with Crippen LogP contribution in [0.3, 0.4) is 0 Å². The molecule has 4 aliphatic carbocycles. The zero-order chi connectivity index (χ0) is 26.2. The monoisotopic (exact) mass is 495 g/mol. The first-order chi connectivity index (χ1) is 16.0. The van der Waals surface area contributed by atoms with Crippen molar-refractivity contribution in [3.8, 4) is 0 Å². The summed E-state index contributed by atoms with van der Waals surface area (Å²) in [6, 6.07) is 0. The van der Waals surface area contributed by atoms with E-state index in [0.29, 0.717) is 44.2 Å². The number of hydrogen-bond acceptors (Lipinski definition) is 8. The van der Waals surface area contributed by atoms with Crippen LogP contribution in [0.2, 0.25) is 0 Å². The Kier molecular flexibility index (Phi) is 6.56. The number of aliphatic hydroxyl groups excluding tert-OH is 3. The molecule has 0 radical (unpaired) electrons. The van der Waals surface area contributed by atoms with Crippen LogP contribution in [0.5, 0.6) is 0 Å². The van der Waals surface area contributed by atoms with E-state index in [1.54, 1.807) is 26.8 Å². The van der Waals surface area contributed by atoms with Crippen molar-refractivity contribution < 1.29 is 35.8 Å². The van der Waals surface area contributed by atoms with Crippen LogP contribution in [-0.2, 0) is 0 Å². The number of nitrogens with zero attached hydrogens (tertiary/aromatic N) is 1. The molecule has 4 aliphatic rings. The zero-order valence-electron chi connectivity index (χ0n) is 21.8. The fourth-order valence-electron chi connectivity index (χ4n) is 8.44. The molecule has 3 fully saturated rings. The Bertz CT molecular complexity index is 894. The van der Waals surface area contributed by atoms with Crippen LogP contribution in [0.15, 0.2) is 16.8 Å². The molecule has 0 spiro atoms. The van der Waals surface area contributed by atoms with Crippen LogP contribution in [-0.4, -0.2) is 76.7 Å². The standard InChI is InChI=1S/C27H45NO7/c1-23(2,32)9-8-22(31)26(5,33)21-7-11-27(34)16-12-18(28-35)17-13-19(29)20(30)14-24(17,3)15(16)6-10-25(21,27)4/h12,15,17,19-22,29-35H,6-11,13-14H2,1-5H3/b28-18+/t15-,17-,19+,20-,21-,22+,24+,25+,26+,27+/m0/s1. The smallest absolute Gasteiger partial charge is 0.0920 e. The van der Waals surface area contributed by atoms with Crippen molar-refractivity contribution in [3.05, 3.63) is 11.6 Å². The van der Waals surface area contributed by atoms with Crippen LogP contribution in [0.25, 0.3) is 0 Å². The molecule has 0 aliphatic heterocycles. The lowest BCUT2D eigenvalue weighted by atomic mass is 9.45. The minimum Gasteiger partial charge on any atom is -0.411 e. The van der Waals surface area contributed by atoms with E-state index in [1.165, 1.54) is 0 Å². The molecule has 8 nitrogen and oxygen atoms in total. The second kappa shape index (κ2) is 8.50. The van der Waals surface area contributed by atoms with Gasteiger partial charge in [-0.15, -0.1) is 0 Å². The quantitative estimate of drug-likeness (QED) is 0.228. The minimum absolute atomic E-state index is 0.0537. The molecule has 4 rings (SSSR count). The Hall–Kier alpha value is -1.03. The summed E-state index contributed by atoms with van der Waals surface area (Å²) in [5.74, 6) is -0.656. The van der Waals surface area contributed by atoms with E-state index in [-0.39, 0.29) is 24.2 Å². The van der Waals surface area contributed by atoms with Gasteiger partial charge in [-0.2, -0.15) is 0 Å². The normalized spacial score (nSPS) is 47.3. The van der Waals surface area contributed by atoms with E-state index >= 15 is 0 Å². The highest BCUT2D eigenvalue weighted by Crippen LogP contribution is 2.68. The Morgan fingerprint density at radius 1 is 1.06 bits per heavy atom. The second-order valence-electron chi connectivity index (χ2n) is 13.3. The fraction of sp³-hybridized carbons (Fsp3) is 0.889. The average Bonchev–Trinajstić information content (AvgIpc) is 3.04. The van der Waals surface area contributed by atoms with Crippen molar-refractivity contribution in [1.82, 2.24) is 0 Å². The first kappa shape index (κ1) is 27.0. The lowest BCUT2D eigenvalue weighted by molar-refractivity contribution is -0.172. The molecule has 0 heterocycles. The molecule has 8 heteroatoms. The molecule has 0 bridgehead atoms. The third-order valence-electron chi connectivity index (χ3n) is 10.7. The summed E-state index contributed by atoms with van der Waals surface area (Å²) in [6.07, 6.45) is 2.53. The van der Waals surface area contributed by atoms with E-state index in [0.717, 1.165) is 12.0 Å². The van der Waals surface area contributed by atoms with Crippen molar-refractivity contribution in [2.75, 3.05) is 0 Å². The molecular formula is C27H45NO7. The van der Waals surface area contributed by atoms with Gasteiger partial charge in [-0.25, -0.2) is 0 Å². The Morgan fingerprint density at radius 3 is 2.31 bits per heavy atom. The Morgan fingerprint density at radius 2 is 1.71 bits per heavy atom. The number of aliphatic hydroxyl groups is 6. The lowest BCUT2D eigenvalue weighted by Crippen LogP contribution is -2.62. The maximum Gasteiger partial charge on any atom is 0.0920 e. The largest absolute Gasteiger partial charge is 0.411 e. The van der Waals surface area contributed by atoms with Crippen LogP contribution in [0.4, 0.5) is 0 Å². The van der Waals surface area contributed by atoms with Gasteiger partial charge >= 0.3 is 0 Å². The van der Waals surface area contributed by atoms with E-state index in [2.05, 4.69) is 12.1 Å². The van der Waals surface area contributed by atoms with Gasteiger partial charge in [-0.1, -0.05) is 19.0 Å². The van der Waals surface area contributed by atoms with E-state index in [9.17, 15) is 35.8 Å². The summed E-state index contributed by atoms with van der Waals surface area (Å²) in [4.78, 5) is 0. The van der Waals surface area contributed by atoms with Gasteiger partial charge in [0.05, 0.1) is 40.8 Å². The molecule has 3 saturated carbocycles. The van der Waals surface area contributed by atoms with Crippen LogP contribution in [0.1, 0.15) is 86.0 Å². The summed E-state index contributed by atoms with van der Waals surface area (Å²) in [5, 5.41) is 79.3. The molecule has 0 aromatic heterocycles. The first-order valence-electron chi connectivity index (χ1n) is 13.2. The van der Waals surface area contributed by atoms with Gasteiger partial charge in [-0.3, -0.25) is 0 Å². The number of oxime groups is 1. The molecule has 200 valence electrons. The van der Waals surface area contributed by atoms with Gasteiger partial charge in [-0.05, 0) is 101 Å². The van der Waals surface area contributed by atoms with Gasteiger partial charge < -0.3 is 35.8 Å². The van der Waals surface area contributed by atoms with Crippen LogP contribution in [0, 0.1) is 28.6 Å². The molecule has 0 aromatic carbocycles. The SMILES string of the molecule is CC(C)(O)CC[C@@H](O)[C@](C)(O)[C@H]1CC[C@@]2(O)C3=C/C(=N\O)[C@@H]4C[C@@H](O)[C@@H](O)C[C@]4(C)[C@H]3CC[C@]12C. The molecular weight excluding hydrogens is 450 g/mol. The topological polar surface area (TPSA) is 154 Å². The summed E-state index contributed by atoms with van der Waals surface area (Å²) >= 11 is 0. The van der Waals surface area contributed by atoms with Crippen molar-refractivity contribution >= 4 is 5.71 Å². The third-order valence-corrected chi connectivity index (χ3v) is 10.7. The molecule has 10 atom stereocenters. The van der Waals surface area contributed by atoms with Crippen LogP contribution < -0.4 is 0 Å². The van der Waals surface area contributed by atoms with E-state index in [1.807, 2.05) is 6.92 Å². The predicted octanol–water partition coefficient (Wildman–Crippen LogP) is 2.12. The molecule has 35 heavy (non-hydrogen) atoms. The first-order valence-corrected chi connectivity index (χ1v) is 13.2. The summed E-state index contributed by atoms with van der Waals surface area (Å²) in [6.45, 7) is 9.04. The van der Waals surface area contributed by atoms with Gasteiger partial charge in [0.2, 0.25) is 0 Å². The van der Waals surface area contributed by atoms with Crippen molar-refractivity contribution in [3.63, 3.8) is 0 Å². The summed E-state index contributed by atoms with van der Waals surface area (Å²) < 4.78 is 0. The second-order valence-corrected chi connectivity index (χ2v) is 13.3. The Balaban J connectivity index is 1.70. The van der Waals surface area contributed by atoms with Crippen molar-refractivity contribution in [1.29, 1.82) is 0 Å². The molecule has 7 N–H and O–H groups in total. The van der Waals surface area contributed by atoms with Crippen LogP contribution >= 0.6 is 0 Å². The molecule has 0 aromatic rings. The average molecular weight is 496 g/mol. The minimum atomic E-state index is -1.46. The molecule has 0 amide bonds. The number of allylic oxidation sites excluding steroid dienone is 1. The maximum absolute atomic E-state index is 12.3. The lowest BCUT2D eigenvalue weighted by Gasteiger charge is -2.61. The third kappa shape index (κ3) is 3.99. The fourth-order valence-corrected chi connectivity index (χ4v) is 8.44. The molecule has 0 saturated heterocycles. The van der Waals surface area contributed by atoms with E-state index in [4.69, 9.17) is 0 Å². The molecule has 0 unspecified atom stereocenters. The van der Waals surface area contributed by atoms with Crippen molar-refractivity contribution in [2.45, 2.75) is 121 Å². The number of hydrogen-bond donors (Lipinski definition) is 7. The summed E-state index contributed by atoms with van der Waals surface area (Å²) in [5.41, 5.74) is -3.66. The Labute approximate surface area is 208 Å². The van der Waals surface area contributed by atoms with Gasteiger partial charge in [0.25, 0.3) is 0 Å².